The summed E-state index contributed by atoms with van der Waals surface area (Å²) in [4.78, 5) is 15.5. The molecule has 6 nitrogen and oxygen atoms in total. The number of pyridine rings is 1. The lowest BCUT2D eigenvalue weighted by Gasteiger charge is -2.44. The van der Waals surface area contributed by atoms with E-state index in [0.717, 1.165) is 12.1 Å². The number of aromatic nitrogens is 3. The summed E-state index contributed by atoms with van der Waals surface area (Å²) in [5, 5.41) is 17.7. The summed E-state index contributed by atoms with van der Waals surface area (Å²) in [5.41, 5.74) is 5.22. The first kappa shape index (κ1) is 20.8. The van der Waals surface area contributed by atoms with Crippen LogP contribution in [-0.2, 0) is 11.8 Å². The first-order chi connectivity index (χ1) is 14.8. The summed E-state index contributed by atoms with van der Waals surface area (Å²) in [5.74, 6) is -2.69. The number of hydrogen-bond acceptors (Lipinski definition) is 5. The van der Waals surface area contributed by atoms with E-state index in [1.165, 1.54) is 24.4 Å². The number of amides is 1. The van der Waals surface area contributed by atoms with Crippen LogP contribution < -0.4 is 5.73 Å². The second-order valence-electron chi connectivity index (χ2n) is 7.74. The number of rotatable bonds is 6. The maximum Gasteiger partial charge on any atom is 0.252 e. The highest BCUT2D eigenvalue weighted by Crippen LogP contribution is 2.48. The van der Waals surface area contributed by atoms with E-state index in [1.54, 1.807) is 6.07 Å². The number of halogens is 3. The van der Waals surface area contributed by atoms with Crippen LogP contribution >= 0.6 is 0 Å². The Labute approximate surface area is 176 Å². The Balaban J connectivity index is 1.54. The molecule has 0 radical (unpaired) electrons. The van der Waals surface area contributed by atoms with Gasteiger partial charge >= 0.3 is 0 Å². The number of nitrogens with two attached hydrogens (primary N) is 1. The van der Waals surface area contributed by atoms with E-state index >= 15 is 0 Å². The van der Waals surface area contributed by atoms with Gasteiger partial charge in [0.25, 0.3) is 5.91 Å². The quantitative estimate of drug-likeness (QED) is 0.624. The van der Waals surface area contributed by atoms with Crippen molar-refractivity contribution in [1.82, 2.24) is 15.2 Å². The Kier molecular flexibility index (Phi) is 5.34. The van der Waals surface area contributed by atoms with Crippen LogP contribution in [0.2, 0.25) is 0 Å². The van der Waals surface area contributed by atoms with Gasteiger partial charge in [0.15, 0.2) is 0 Å². The lowest BCUT2D eigenvalue weighted by Crippen LogP contribution is -2.44. The molecule has 1 amide bonds. The van der Waals surface area contributed by atoms with Gasteiger partial charge in [0.1, 0.15) is 23.6 Å². The molecule has 1 aromatic carbocycles. The van der Waals surface area contributed by atoms with E-state index in [2.05, 4.69) is 15.2 Å². The second-order valence-corrected chi connectivity index (χ2v) is 7.74. The van der Waals surface area contributed by atoms with Crippen LogP contribution in [0.5, 0.6) is 5.75 Å². The lowest BCUT2D eigenvalue weighted by atomic mass is 9.62. The van der Waals surface area contributed by atoms with Crippen molar-refractivity contribution in [2.24, 2.45) is 5.73 Å². The third-order valence-corrected chi connectivity index (χ3v) is 5.69. The van der Waals surface area contributed by atoms with Crippen LogP contribution in [-0.4, -0.2) is 32.4 Å². The minimum atomic E-state index is -0.994. The van der Waals surface area contributed by atoms with Crippen molar-refractivity contribution in [2.45, 2.75) is 37.3 Å². The van der Waals surface area contributed by atoms with Crippen LogP contribution in [0.25, 0.3) is 11.3 Å². The van der Waals surface area contributed by atoms with Crippen LogP contribution in [0.3, 0.4) is 0 Å². The fourth-order valence-electron chi connectivity index (χ4n) is 4.04. The van der Waals surface area contributed by atoms with Crippen molar-refractivity contribution in [3.8, 4) is 17.0 Å². The molecule has 0 atom stereocenters. The number of nitrogens with zero attached hydrogens (tertiary/aromatic N) is 3. The van der Waals surface area contributed by atoms with E-state index < -0.39 is 34.9 Å². The highest BCUT2D eigenvalue weighted by molar-refractivity contribution is 5.96. The minimum absolute atomic E-state index is 0.0306. The minimum Gasteiger partial charge on any atom is -0.507 e. The molecule has 0 saturated heterocycles. The molecule has 3 N–H and O–H groups in total. The van der Waals surface area contributed by atoms with Gasteiger partial charge in [-0.3, -0.25) is 9.78 Å². The first-order valence-corrected chi connectivity index (χ1v) is 9.69. The zero-order valence-electron chi connectivity index (χ0n) is 16.4. The zero-order chi connectivity index (χ0) is 22.2. The van der Waals surface area contributed by atoms with Gasteiger partial charge in [-0.15, -0.1) is 0 Å². The fraction of sp³-hybridized carbons (Fsp3) is 0.273. The molecule has 1 saturated carbocycles. The van der Waals surface area contributed by atoms with Crippen molar-refractivity contribution in [1.29, 1.82) is 0 Å². The van der Waals surface area contributed by atoms with E-state index in [9.17, 15) is 23.1 Å². The summed E-state index contributed by atoms with van der Waals surface area (Å²) >= 11 is 0. The molecule has 3 aromatic rings. The lowest BCUT2D eigenvalue weighted by molar-refractivity contribution is 0.0794. The number of benzene rings is 1. The Hall–Kier alpha value is -3.49. The molecule has 31 heavy (non-hydrogen) atoms. The van der Waals surface area contributed by atoms with Gasteiger partial charge in [0, 0.05) is 23.2 Å². The third kappa shape index (κ3) is 3.95. The van der Waals surface area contributed by atoms with Gasteiger partial charge in [0.2, 0.25) is 0 Å². The molecule has 0 unspecified atom stereocenters. The molecule has 0 aliphatic heterocycles. The van der Waals surface area contributed by atoms with Gasteiger partial charge in [-0.05, 0) is 56.0 Å². The summed E-state index contributed by atoms with van der Waals surface area (Å²) in [6, 6.07) is 7.87. The van der Waals surface area contributed by atoms with Crippen LogP contribution in [0.15, 0.2) is 42.6 Å². The van der Waals surface area contributed by atoms with E-state index in [0.29, 0.717) is 18.5 Å². The number of phenols is 1. The average Bonchev–Trinajstić information content (AvgIpc) is 2.71. The number of alkyl halides is 1. The number of primary amides is 1. The Morgan fingerprint density at radius 3 is 2.55 bits per heavy atom. The van der Waals surface area contributed by atoms with E-state index in [4.69, 9.17) is 5.73 Å². The number of aromatic hydroxyl groups is 1. The molecule has 0 spiro atoms. The Morgan fingerprint density at radius 2 is 1.94 bits per heavy atom. The van der Waals surface area contributed by atoms with E-state index in [-0.39, 0.29) is 35.4 Å². The molecule has 9 heteroatoms. The van der Waals surface area contributed by atoms with Crippen molar-refractivity contribution in [3.63, 3.8) is 0 Å². The van der Waals surface area contributed by atoms with Gasteiger partial charge in [-0.2, -0.15) is 10.2 Å². The molecule has 2 heterocycles. The smallest absolute Gasteiger partial charge is 0.252 e. The number of hydrogen-bond donors (Lipinski definition) is 2. The number of carbonyl (C=O) groups excluding carboxylic acids is 1. The SMILES string of the molecule is NC(=O)c1cc(-c2ccc(CCC3(c4ncccc4F)CC(F)C3)nn2)c(F)cc1O. The molecule has 0 bridgehead atoms. The Morgan fingerprint density at radius 1 is 1.16 bits per heavy atom. The summed E-state index contributed by atoms with van der Waals surface area (Å²) in [7, 11) is 0. The predicted octanol–water partition coefficient (Wildman–Crippen LogP) is 3.62. The maximum atomic E-state index is 14.3. The Bertz CT molecular complexity index is 1130. The second kappa shape index (κ2) is 7.98. The number of aryl methyl sites for hydroxylation is 1. The van der Waals surface area contributed by atoms with Gasteiger partial charge < -0.3 is 10.8 Å². The highest BCUT2D eigenvalue weighted by atomic mass is 19.1. The molecular formula is C22H19F3N4O2. The van der Waals surface area contributed by atoms with Crippen LogP contribution in [0, 0.1) is 11.6 Å². The topological polar surface area (TPSA) is 102 Å². The molecular weight excluding hydrogens is 409 g/mol. The fourth-order valence-corrected chi connectivity index (χ4v) is 4.04. The molecule has 1 aliphatic carbocycles. The molecule has 2 aromatic heterocycles. The molecule has 4 rings (SSSR count). The number of carbonyl (C=O) groups is 1. The van der Waals surface area contributed by atoms with Crippen molar-refractivity contribution < 1.29 is 23.1 Å². The van der Waals surface area contributed by atoms with Crippen molar-refractivity contribution >= 4 is 5.91 Å². The largest absolute Gasteiger partial charge is 0.507 e. The van der Waals surface area contributed by atoms with Gasteiger partial charge in [0.05, 0.1) is 22.6 Å². The molecule has 160 valence electrons. The third-order valence-electron chi connectivity index (χ3n) is 5.69. The monoisotopic (exact) mass is 428 g/mol. The first-order valence-electron chi connectivity index (χ1n) is 9.69. The van der Waals surface area contributed by atoms with Crippen molar-refractivity contribution in [2.75, 3.05) is 0 Å². The maximum absolute atomic E-state index is 14.3. The standard InChI is InChI=1S/C22H19F3N4O2/c23-12-10-22(11-12,20-16(24)2-1-7-27-20)6-5-13-3-4-18(29-28-13)14-8-15(21(26)31)19(30)9-17(14)25/h1-4,7-9,12,30H,5-6,10-11H2,(H2,26,31). The highest BCUT2D eigenvalue weighted by Gasteiger charge is 2.48. The molecule has 1 aliphatic rings. The van der Waals surface area contributed by atoms with Crippen molar-refractivity contribution in [3.05, 3.63) is 71.2 Å². The van der Waals surface area contributed by atoms with Gasteiger partial charge in [-0.25, -0.2) is 13.2 Å². The van der Waals surface area contributed by atoms with Gasteiger partial charge in [-0.1, -0.05) is 0 Å². The van der Waals surface area contributed by atoms with E-state index in [1.807, 2.05) is 0 Å². The van der Waals surface area contributed by atoms with Crippen LogP contribution in [0.1, 0.15) is 41.0 Å². The average molecular weight is 428 g/mol. The van der Waals surface area contributed by atoms with Crippen LogP contribution in [0.4, 0.5) is 13.2 Å². The summed E-state index contributed by atoms with van der Waals surface area (Å²) in [6.07, 6.45) is 1.73. The normalized spacial score (nSPS) is 20.3. The summed E-state index contributed by atoms with van der Waals surface area (Å²) < 4.78 is 42.2. The zero-order valence-corrected chi connectivity index (χ0v) is 16.4. The summed E-state index contributed by atoms with van der Waals surface area (Å²) in [6.45, 7) is 0. The molecule has 1 fully saturated rings. The predicted molar refractivity (Wildman–Crippen MR) is 106 cm³/mol.